The molecule has 0 aliphatic heterocycles. The number of nitrogens with one attached hydrogen (secondary N) is 1. The molecule has 0 heterocycles. The number of amides is 1. The Morgan fingerprint density at radius 2 is 1.96 bits per heavy atom. The summed E-state index contributed by atoms with van der Waals surface area (Å²) in [5.74, 6) is -0.293. The van der Waals surface area contributed by atoms with Crippen molar-refractivity contribution in [3.8, 4) is 5.75 Å². The molecule has 2 rings (SSSR count). The van der Waals surface area contributed by atoms with Gasteiger partial charge in [-0.05, 0) is 30.7 Å². The van der Waals surface area contributed by atoms with Gasteiger partial charge >= 0.3 is 0 Å². The molecule has 23 heavy (non-hydrogen) atoms. The highest BCUT2D eigenvalue weighted by Crippen LogP contribution is 2.32. The van der Waals surface area contributed by atoms with Gasteiger partial charge in [0.2, 0.25) is 0 Å². The Labute approximate surface area is 142 Å². The quantitative estimate of drug-likeness (QED) is 0.648. The maximum atomic E-state index is 12.4. The number of ether oxygens (including phenoxy) is 1. The highest BCUT2D eigenvalue weighted by atomic mass is 35.5. The minimum atomic E-state index is -0.662. The molecule has 0 fully saturated rings. The van der Waals surface area contributed by atoms with Crippen molar-refractivity contribution in [1.82, 2.24) is 0 Å². The number of anilines is 1. The number of rotatable bonds is 4. The average molecular weight is 355 g/mol. The van der Waals surface area contributed by atoms with E-state index in [1.54, 1.807) is 19.1 Å². The zero-order valence-electron chi connectivity index (χ0n) is 12.2. The molecular formula is C15H12Cl2N2O4. The minimum Gasteiger partial charge on any atom is -0.495 e. The van der Waals surface area contributed by atoms with Gasteiger partial charge in [-0.3, -0.25) is 14.9 Å². The van der Waals surface area contributed by atoms with Gasteiger partial charge in [-0.1, -0.05) is 23.2 Å². The Balaban J connectivity index is 2.41. The molecule has 0 aliphatic rings. The van der Waals surface area contributed by atoms with E-state index in [2.05, 4.69) is 5.32 Å². The number of nitro benzene ring substituents is 1. The molecule has 0 bridgehead atoms. The number of halogens is 2. The molecule has 0 aliphatic carbocycles. The molecule has 2 aromatic carbocycles. The first-order chi connectivity index (χ1) is 10.8. The van der Waals surface area contributed by atoms with E-state index in [4.69, 9.17) is 27.9 Å². The summed E-state index contributed by atoms with van der Waals surface area (Å²) in [5, 5.41) is 14.3. The second-order valence-corrected chi connectivity index (χ2v) is 5.52. The van der Waals surface area contributed by atoms with Gasteiger partial charge in [-0.15, -0.1) is 0 Å². The average Bonchev–Trinajstić information content (AvgIpc) is 2.50. The largest absolute Gasteiger partial charge is 0.495 e. The van der Waals surface area contributed by atoms with Crippen molar-refractivity contribution in [3.63, 3.8) is 0 Å². The van der Waals surface area contributed by atoms with Gasteiger partial charge in [0.05, 0.1) is 17.7 Å². The van der Waals surface area contributed by atoms with Gasteiger partial charge in [0.25, 0.3) is 11.6 Å². The first-order valence-corrected chi connectivity index (χ1v) is 7.18. The first-order valence-electron chi connectivity index (χ1n) is 6.43. The van der Waals surface area contributed by atoms with E-state index in [1.807, 2.05) is 0 Å². The molecule has 0 saturated heterocycles. The number of carbonyl (C=O) groups is 1. The number of hydrogen-bond acceptors (Lipinski definition) is 4. The van der Waals surface area contributed by atoms with Crippen molar-refractivity contribution in [3.05, 3.63) is 61.6 Å². The van der Waals surface area contributed by atoms with Crippen LogP contribution >= 0.6 is 23.2 Å². The maximum Gasteiger partial charge on any atom is 0.283 e. The first kappa shape index (κ1) is 17.1. The van der Waals surface area contributed by atoms with Crippen LogP contribution in [0, 0.1) is 17.0 Å². The van der Waals surface area contributed by atoms with Crippen LogP contribution in [0.15, 0.2) is 30.3 Å². The Morgan fingerprint density at radius 1 is 1.26 bits per heavy atom. The molecule has 8 heteroatoms. The fourth-order valence-corrected chi connectivity index (χ4v) is 2.29. The lowest BCUT2D eigenvalue weighted by atomic mass is 10.1. The van der Waals surface area contributed by atoms with Gasteiger partial charge in [0.15, 0.2) is 0 Å². The molecule has 0 aromatic heterocycles. The van der Waals surface area contributed by atoms with Crippen LogP contribution in [0.2, 0.25) is 10.0 Å². The van der Waals surface area contributed by atoms with E-state index < -0.39 is 10.8 Å². The normalized spacial score (nSPS) is 10.3. The Kier molecular flexibility index (Phi) is 5.08. The third kappa shape index (κ3) is 3.72. The molecule has 1 amide bonds. The van der Waals surface area contributed by atoms with E-state index >= 15 is 0 Å². The van der Waals surface area contributed by atoms with E-state index in [0.29, 0.717) is 16.5 Å². The third-order valence-corrected chi connectivity index (χ3v) is 3.77. The summed E-state index contributed by atoms with van der Waals surface area (Å²) in [7, 11) is 1.43. The van der Waals surface area contributed by atoms with Gasteiger partial charge in [-0.2, -0.15) is 0 Å². The van der Waals surface area contributed by atoms with Crippen LogP contribution in [0.4, 0.5) is 11.4 Å². The molecular weight excluding hydrogens is 343 g/mol. The molecule has 0 atom stereocenters. The second-order valence-electron chi connectivity index (χ2n) is 4.67. The van der Waals surface area contributed by atoms with E-state index in [9.17, 15) is 14.9 Å². The van der Waals surface area contributed by atoms with Crippen LogP contribution in [-0.2, 0) is 0 Å². The van der Waals surface area contributed by atoms with E-state index in [-0.39, 0.29) is 16.3 Å². The number of benzene rings is 2. The lowest BCUT2D eigenvalue weighted by molar-refractivity contribution is -0.385. The summed E-state index contributed by atoms with van der Waals surface area (Å²) in [5.41, 5.74) is 0.616. The highest BCUT2D eigenvalue weighted by Gasteiger charge is 2.21. The summed E-state index contributed by atoms with van der Waals surface area (Å²) in [4.78, 5) is 22.8. The number of nitrogens with zero attached hydrogens (tertiary/aromatic N) is 1. The lowest BCUT2D eigenvalue weighted by Gasteiger charge is -2.12. The van der Waals surface area contributed by atoms with Crippen molar-refractivity contribution in [2.75, 3.05) is 12.4 Å². The lowest BCUT2D eigenvalue weighted by Crippen LogP contribution is -2.14. The molecule has 1 N–H and O–H groups in total. The summed E-state index contributed by atoms with van der Waals surface area (Å²) in [6.45, 7) is 1.77. The van der Waals surface area contributed by atoms with Crippen LogP contribution in [0.5, 0.6) is 5.75 Å². The number of carbonyl (C=O) groups excluding carboxylic acids is 1. The fraction of sp³-hybridized carbons (Fsp3) is 0.133. The van der Waals surface area contributed by atoms with Crippen LogP contribution in [0.3, 0.4) is 0 Å². The monoisotopic (exact) mass is 354 g/mol. The van der Waals surface area contributed by atoms with E-state index in [0.717, 1.165) is 11.6 Å². The molecule has 2 aromatic rings. The Hall–Kier alpha value is -2.31. The molecule has 0 spiro atoms. The number of hydrogen-bond donors (Lipinski definition) is 1. The van der Waals surface area contributed by atoms with Crippen molar-refractivity contribution < 1.29 is 14.5 Å². The number of nitro groups is 1. The van der Waals surface area contributed by atoms with E-state index in [1.165, 1.54) is 19.2 Å². The van der Waals surface area contributed by atoms with Crippen molar-refractivity contribution in [2.24, 2.45) is 0 Å². The topological polar surface area (TPSA) is 81.5 Å². The SMILES string of the molecule is COc1cc(Cl)c(C)cc1NC(=O)c1ccc(Cl)cc1[N+](=O)[O-]. The van der Waals surface area contributed by atoms with Crippen molar-refractivity contribution in [2.45, 2.75) is 6.92 Å². The van der Waals surface area contributed by atoms with Crippen LogP contribution in [-0.4, -0.2) is 17.9 Å². The zero-order valence-corrected chi connectivity index (χ0v) is 13.7. The summed E-state index contributed by atoms with van der Waals surface area (Å²) < 4.78 is 5.16. The maximum absolute atomic E-state index is 12.4. The van der Waals surface area contributed by atoms with Gasteiger partial charge < -0.3 is 10.1 Å². The van der Waals surface area contributed by atoms with Gasteiger partial charge in [0.1, 0.15) is 11.3 Å². The zero-order chi connectivity index (χ0) is 17.1. The van der Waals surface area contributed by atoms with Crippen LogP contribution < -0.4 is 10.1 Å². The summed E-state index contributed by atoms with van der Waals surface area (Å²) >= 11 is 11.7. The fourth-order valence-electron chi connectivity index (χ4n) is 1.97. The van der Waals surface area contributed by atoms with Gasteiger partial charge in [-0.25, -0.2) is 0 Å². The molecule has 0 saturated carbocycles. The molecule has 6 nitrogen and oxygen atoms in total. The standard InChI is InChI=1S/C15H12Cl2N2O4/c1-8-5-12(14(23-2)7-11(8)17)18-15(20)10-4-3-9(16)6-13(10)19(21)22/h3-7H,1-2H3,(H,18,20). The predicted octanol–water partition coefficient (Wildman–Crippen LogP) is 4.47. The molecule has 0 unspecified atom stereocenters. The number of methoxy groups -OCH3 is 1. The van der Waals surface area contributed by atoms with Crippen molar-refractivity contribution >= 4 is 40.5 Å². The summed E-state index contributed by atoms with van der Waals surface area (Å²) in [6.07, 6.45) is 0. The Bertz CT molecular complexity index is 793. The number of aryl methyl sites for hydroxylation is 1. The smallest absolute Gasteiger partial charge is 0.283 e. The molecule has 120 valence electrons. The molecule has 0 radical (unpaired) electrons. The minimum absolute atomic E-state index is 0.103. The van der Waals surface area contributed by atoms with Crippen molar-refractivity contribution in [1.29, 1.82) is 0 Å². The highest BCUT2D eigenvalue weighted by molar-refractivity contribution is 6.32. The van der Waals surface area contributed by atoms with Crippen LogP contribution in [0.25, 0.3) is 0 Å². The predicted molar refractivity (Wildman–Crippen MR) is 88.8 cm³/mol. The third-order valence-electron chi connectivity index (χ3n) is 3.13. The second kappa shape index (κ2) is 6.85. The van der Waals surface area contributed by atoms with Crippen LogP contribution in [0.1, 0.15) is 15.9 Å². The summed E-state index contributed by atoms with van der Waals surface area (Å²) in [6, 6.07) is 7.02. The Morgan fingerprint density at radius 3 is 2.57 bits per heavy atom. The van der Waals surface area contributed by atoms with Gasteiger partial charge in [0, 0.05) is 22.2 Å².